The van der Waals surface area contributed by atoms with Crippen LogP contribution >= 0.6 is 11.6 Å². The monoisotopic (exact) mass is 217 g/mol. The van der Waals surface area contributed by atoms with Crippen molar-refractivity contribution in [2.24, 2.45) is 0 Å². The second kappa shape index (κ2) is 3.42. The van der Waals surface area contributed by atoms with Gasteiger partial charge in [-0.1, -0.05) is 35.9 Å². The van der Waals surface area contributed by atoms with E-state index in [1.54, 1.807) is 0 Å². The first-order valence-electron chi connectivity index (χ1n) is 5.30. The summed E-state index contributed by atoms with van der Waals surface area (Å²) >= 11 is 6.27. The third-order valence-electron chi connectivity index (χ3n) is 3.00. The summed E-state index contributed by atoms with van der Waals surface area (Å²) in [6.07, 6.45) is 2.33. The molecule has 2 aromatic carbocycles. The Labute approximate surface area is 94.1 Å². The van der Waals surface area contributed by atoms with Crippen LogP contribution in [0.3, 0.4) is 0 Å². The van der Waals surface area contributed by atoms with Crippen LogP contribution in [0.25, 0.3) is 10.8 Å². The number of rotatable bonds is 0. The number of nitrogens with one attached hydrogen (secondary N) is 1. The normalized spacial score (nSPS) is 14.7. The fourth-order valence-electron chi connectivity index (χ4n) is 2.28. The fourth-order valence-corrected chi connectivity index (χ4v) is 2.58. The molecule has 1 N–H and O–H groups in total. The van der Waals surface area contributed by atoms with Gasteiger partial charge in [-0.2, -0.15) is 0 Å². The van der Waals surface area contributed by atoms with Crippen molar-refractivity contribution < 1.29 is 0 Å². The van der Waals surface area contributed by atoms with Crippen molar-refractivity contribution >= 4 is 28.1 Å². The lowest BCUT2D eigenvalue weighted by Gasteiger charge is -2.20. The minimum Gasteiger partial charge on any atom is -0.384 e. The van der Waals surface area contributed by atoms with Gasteiger partial charge in [0.25, 0.3) is 0 Å². The Bertz CT molecular complexity index is 519. The third kappa shape index (κ3) is 1.38. The zero-order valence-electron chi connectivity index (χ0n) is 8.39. The van der Waals surface area contributed by atoms with Crippen LogP contribution in [0.5, 0.6) is 0 Å². The summed E-state index contributed by atoms with van der Waals surface area (Å²) in [5.74, 6) is 0. The topological polar surface area (TPSA) is 12.0 Å². The molecular weight excluding hydrogens is 206 g/mol. The van der Waals surface area contributed by atoms with Gasteiger partial charge in [-0.3, -0.25) is 0 Å². The molecule has 1 heterocycles. The first kappa shape index (κ1) is 9.05. The molecule has 2 heteroatoms. The van der Waals surface area contributed by atoms with Crippen molar-refractivity contribution in [3.05, 3.63) is 40.9 Å². The molecule has 0 bridgehead atoms. The van der Waals surface area contributed by atoms with Crippen LogP contribution in [0.4, 0.5) is 5.69 Å². The molecule has 0 spiro atoms. The molecular formula is C13H12ClN. The van der Waals surface area contributed by atoms with E-state index in [1.165, 1.54) is 23.1 Å². The van der Waals surface area contributed by atoms with Crippen molar-refractivity contribution in [2.75, 3.05) is 11.9 Å². The summed E-state index contributed by atoms with van der Waals surface area (Å²) in [6.45, 7) is 1.07. The number of hydrogen-bond donors (Lipinski definition) is 1. The highest BCUT2D eigenvalue weighted by atomic mass is 35.5. The molecule has 0 saturated carbocycles. The van der Waals surface area contributed by atoms with E-state index in [1.807, 2.05) is 6.07 Å². The van der Waals surface area contributed by atoms with Crippen LogP contribution in [-0.4, -0.2) is 6.54 Å². The zero-order valence-corrected chi connectivity index (χ0v) is 9.14. The van der Waals surface area contributed by atoms with Crippen molar-refractivity contribution in [2.45, 2.75) is 12.8 Å². The fraction of sp³-hybridized carbons (Fsp3) is 0.231. The van der Waals surface area contributed by atoms with E-state index in [9.17, 15) is 0 Å². The summed E-state index contributed by atoms with van der Waals surface area (Å²) in [4.78, 5) is 0. The minimum atomic E-state index is 0.869. The highest BCUT2D eigenvalue weighted by Crippen LogP contribution is 2.35. The summed E-state index contributed by atoms with van der Waals surface area (Å²) in [5.41, 5.74) is 2.63. The number of hydrogen-bond acceptors (Lipinski definition) is 1. The quantitative estimate of drug-likeness (QED) is 0.707. The van der Waals surface area contributed by atoms with Crippen LogP contribution in [-0.2, 0) is 6.42 Å². The number of aryl methyl sites for hydroxylation is 1. The van der Waals surface area contributed by atoms with Crippen molar-refractivity contribution in [3.63, 3.8) is 0 Å². The first-order chi connectivity index (χ1) is 7.36. The van der Waals surface area contributed by atoms with Gasteiger partial charge in [0.1, 0.15) is 0 Å². The molecule has 0 unspecified atom stereocenters. The number of fused-ring (bicyclic) bond motifs is 3. The number of halogens is 1. The largest absolute Gasteiger partial charge is 0.384 e. The Morgan fingerprint density at radius 2 is 1.93 bits per heavy atom. The highest BCUT2D eigenvalue weighted by Gasteiger charge is 2.13. The average Bonchev–Trinajstić information content (AvgIpc) is 2.30. The van der Waals surface area contributed by atoms with Crippen molar-refractivity contribution in [1.82, 2.24) is 0 Å². The van der Waals surface area contributed by atoms with Gasteiger partial charge in [-0.15, -0.1) is 0 Å². The summed E-state index contributed by atoms with van der Waals surface area (Å²) < 4.78 is 0. The lowest BCUT2D eigenvalue weighted by atomic mass is 9.98. The first-order valence-corrected chi connectivity index (χ1v) is 5.68. The molecule has 3 rings (SSSR count). The van der Waals surface area contributed by atoms with Crippen LogP contribution in [0, 0.1) is 0 Å². The molecule has 0 fully saturated rings. The molecule has 0 atom stereocenters. The molecule has 0 radical (unpaired) electrons. The van der Waals surface area contributed by atoms with Crippen LogP contribution in [0.2, 0.25) is 5.02 Å². The zero-order chi connectivity index (χ0) is 10.3. The predicted octanol–water partition coefficient (Wildman–Crippen LogP) is 3.85. The summed E-state index contributed by atoms with van der Waals surface area (Å²) in [6, 6.07) is 10.4. The standard InChI is InChI=1S/C13H12ClN/c14-12-8-9-4-3-7-15-13(9)11-6-2-1-5-10(11)12/h1-2,5-6,8,15H,3-4,7H2. The van der Waals surface area contributed by atoms with Gasteiger partial charge >= 0.3 is 0 Å². The molecule has 0 aromatic heterocycles. The van der Waals surface area contributed by atoms with E-state index in [4.69, 9.17) is 11.6 Å². The van der Waals surface area contributed by atoms with Crippen molar-refractivity contribution in [1.29, 1.82) is 0 Å². The maximum absolute atomic E-state index is 6.27. The van der Waals surface area contributed by atoms with Crippen LogP contribution in [0.15, 0.2) is 30.3 Å². The Kier molecular flexibility index (Phi) is 2.06. The molecule has 0 amide bonds. The van der Waals surface area contributed by atoms with Gasteiger partial charge < -0.3 is 5.32 Å². The second-order valence-corrected chi connectivity index (χ2v) is 4.38. The lowest BCUT2D eigenvalue weighted by molar-refractivity contribution is 0.833. The van der Waals surface area contributed by atoms with Gasteiger partial charge in [0, 0.05) is 28.0 Å². The Morgan fingerprint density at radius 1 is 1.13 bits per heavy atom. The Morgan fingerprint density at radius 3 is 2.80 bits per heavy atom. The minimum absolute atomic E-state index is 0.869. The van der Waals surface area contributed by atoms with Crippen LogP contribution < -0.4 is 5.32 Å². The van der Waals surface area contributed by atoms with Gasteiger partial charge in [0.2, 0.25) is 0 Å². The van der Waals surface area contributed by atoms with Gasteiger partial charge in [-0.05, 0) is 24.5 Å². The van der Waals surface area contributed by atoms with Crippen LogP contribution in [0.1, 0.15) is 12.0 Å². The highest BCUT2D eigenvalue weighted by molar-refractivity contribution is 6.36. The second-order valence-electron chi connectivity index (χ2n) is 3.97. The van der Waals surface area contributed by atoms with E-state index in [0.29, 0.717) is 0 Å². The van der Waals surface area contributed by atoms with E-state index in [-0.39, 0.29) is 0 Å². The molecule has 15 heavy (non-hydrogen) atoms. The molecule has 0 saturated heterocycles. The average molecular weight is 218 g/mol. The molecule has 1 aliphatic rings. The SMILES string of the molecule is Clc1cc2c(c3ccccc13)NCCC2. The van der Waals surface area contributed by atoms with Gasteiger partial charge in [0.05, 0.1) is 0 Å². The molecule has 1 nitrogen and oxygen atoms in total. The Hall–Kier alpha value is -1.21. The van der Waals surface area contributed by atoms with E-state index >= 15 is 0 Å². The number of anilines is 1. The third-order valence-corrected chi connectivity index (χ3v) is 3.31. The summed E-state index contributed by atoms with van der Waals surface area (Å²) in [5, 5.41) is 6.74. The van der Waals surface area contributed by atoms with E-state index < -0.39 is 0 Å². The van der Waals surface area contributed by atoms with Gasteiger partial charge in [-0.25, -0.2) is 0 Å². The summed E-state index contributed by atoms with van der Waals surface area (Å²) in [7, 11) is 0. The maximum Gasteiger partial charge on any atom is 0.0488 e. The molecule has 2 aromatic rings. The van der Waals surface area contributed by atoms with E-state index in [2.05, 4.69) is 29.6 Å². The lowest BCUT2D eigenvalue weighted by Crippen LogP contribution is -2.12. The van der Waals surface area contributed by atoms with Crippen molar-refractivity contribution in [3.8, 4) is 0 Å². The Balaban J connectivity index is 2.39. The predicted molar refractivity (Wildman–Crippen MR) is 65.8 cm³/mol. The molecule has 76 valence electrons. The molecule has 0 aliphatic carbocycles. The smallest absolute Gasteiger partial charge is 0.0488 e. The van der Waals surface area contributed by atoms with E-state index in [0.717, 1.165) is 23.4 Å². The number of benzene rings is 2. The van der Waals surface area contributed by atoms with Gasteiger partial charge in [0.15, 0.2) is 0 Å². The maximum atomic E-state index is 6.27. The molecule has 1 aliphatic heterocycles.